The summed E-state index contributed by atoms with van der Waals surface area (Å²) in [5.41, 5.74) is 1.33. The number of rotatable bonds is 5. The van der Waals surface area contributed by atoms with Crippen molar-refractivity contribution in [1.29, 1.82) is 0 Å². The number of aryl methyl sites for hydroxylation is 1. The fourth-order valence-electron chi connectivity index (χ4n) is 2.87. The van der Waals surface area contributed by atoms with Crippen LogP contribution in [0.15, 0.2) is 41.3 Å². The van der Waals surface area contributed by atoms with Gasteiger partial charge in [-0.25, -0.2) is 16.8 Å². The van der Waals surface area contributed by atoms with Crippen LogP contribution in [0, 0.1) is 6.92 Å². The van der Waals surface area contributed by atoms with E-state index in [4.69, 9.17) is 16.3 Å². The molecule has 2 aromatic carbocycles. The number of benzene rings is 2. The van der Waals surface area contributed by atoms with Crippen LogP contribution in [0.5, 0.6) is 5.75 Å². The highest BCUT2D eigenvalue weighted by molar-refractivity contribution is 7.93. The number of anilines is 2. The molecular formula is C17H19ClN2O5S2. The molecule has 1 aliphatic rings. The van der Waals surface area contributed by atoms with Crippen LogP contribution in [0.3, 0.4) is 0 Å². The highest BCUT2D eigenvalue weighted by atomic mass is 35.5. The number of hydrogen-bond acceptors (Lipinski definition) is 5. The van der Waals surface area contributed by atoms with Crippen LogP contribution in [0.2, 0.25) is 5.02 Å². The van der Waals surface area contributed by atoms with Crippen molar-refractivity contribution in [2.24, 2.45) is 0 Å². The Labute approximate surface area is 164 Å². The van der Waals surface area contributed by atoms with Crippen LogP contribution < -0.4 is 13.8 Å². The molecule has 0 aliphatic carbocycles. The van der Waals surface area contributed by atoms with E-state index in [9.17, 15) is 16.8 Å². The lowest BCUT2D eigenvalue weighted by Crippen LogP contribution is -2.25. The molecule has 7 nitrogen and oxygen atoms in total. The topological polar surface area (TPSA) is 92.8 Å². The van der Waals surface area contributed by atoms with E-state index in [-0.39, 0.29) is 27.1 Å². The zero-order valence-electron chi connectivity index (χ0n) is 14.8. The van der Waals surface area contributed by atoms with Crippen molar-refractivity contribution in [3.8, 4) is 5.75 Å². The Hall–Kier alpha value is -1.97. The van der Waals surface area contributed by atoms with Crippen LogP contribution in [-0.4, -0.2) is 36.2 Å². The summed E-state index contributed by atoms with van der Waals surface area (Å²) in [7, 11) is -5.90. The molecule has 2 aromatic rings. The summed E-state index contributed by atoms with van der Waals surface area (Å²) in [6.07, 6.45) is 0.543. The average Bonchev–Trinajstić information content (AvgIpc) is 2.96. The highest BCUT2D eigenvalue weighted by Crippen LogP contribution is 2.33. The zero-order valence-corrected chi connectivity index (χ0v) is 17.2. The van der Waals surface area contributed by atoms with Crippen LogP contribution in [-0.2, 0) is 20.0 Å². The van der Waals surface area contributed by atoms with E-state index >= 15 is 0 Å². The minimum absolute atomic E-state index is 0.00716. The first kappa shape index (κ1) is 19.8. The smallest absolute Gasteiger partial charge is 0.265 e. The van der Waals surface area contributed by atoms with Gasteiger partial charge in [-0.05, 0) is 49.2 Å². The SMILES string of the molecule is COc1ccc(C)cc1S(=O)(=O)Nc1ccc(N2CCCS2(=O)=O)cc1Cl. The van der Waals surface area contributed by atoms with Crippen molar-refractivity contribution >= 4 is 43.0 Å². The predicted molar refractivity (Wildman–Crippen MR) is 106 cm³/mol. The van der Waals surface area contributed by atoms with Gasteiger partial charge in [-0.1, -0.05) is 17.7 Å². The molecule has 1 heterocycles. The number of sulfonamides is 2. The first-order chi connectivity index (χ1) is 12.6. The number of nitrogens with one attached hydrogen (secondary N) is 1. The number of hydrogen-bond donors (Lipinski definition) is 1. The first-order valence-electron chi connectivity index (χ1n) is 8.11. The van der Waals surface area contributed by atoms with E-state index in [0.717, 1.165) is 5.56 Å². The maximum atomic E-state index is 12.8. The van der Waals surface area contributed by atoms with Crippen molar-refractivity contribution in [3.63, 3.8) is 0 Å². The Morgan fingerprint density at radius 1 is 1.19 bits per heavy atom. The molecule has 1 saturated heterocycles. The third-order valence-corrected chi connectivity index (χ3v) is 7.76. The molecule has 0 bridgehead atoms. The van der Waals surface area contributed by atoms with Crippen LogP contribution >= 0.6 is 11.6 Å². The molecule has 146 valence electrons. The largest absolute Gasteiger partial charge is 0.495 e. The molecular weight excluding hydrogens is 412 g/mol. The van der Waals surface area contributed by atoms with Crippen molar-refractivity contribution in [2.45, 2.75) is 18.2 Å². The molecule has 0 atom stereocenters. The minimum Gasteiger partial charge on any atom is -0.495 e. The van der Waals surface area contributed by atoms with E-state index in [1.807, 2.05) is 0 Å². The summed E-state index contributed by atoms with van der Waals surface area (Å²) in [5.74, 6) is 0.301. The molecule has 27 heavy (non-hydrogen) atoms. The van der Waals surface area contributed by atoms with E-state index in [0.29, 0.717) is 18.7 Å². The second-order valence-corrected chi connectivity index (χ2v) is 10.2. The summed E-state index contributed by atoms with van der Waals surface area (Å²) < 4.78 is 58.5. The van der Waals surface area contributed by atoms with Gasteiger partial charge in [0.2, 0.25) is 10.0 Å². The Balaban J connectivity index is 1.93. The normalized spacial score (nSPS) is 16.3. The van der Waals surface area contributed by atoms with Gasteiger partial charge in [0.25, 0.3) is 10.0 Å². The van der Waals surface area contributed by atoms with Gasteiger partial charge in [-0.3, -0.25) is 9.03 Å². The number of methoxy groups -OCH3 is 1. The van der Waals surface area contributed by atoms with Gasteiger partial charge in [-0.2, -0.15) is 0 Å². The first-order valence-corrected chi connectivity index (χ1v) is 11.6. The third kappa shape index (κ3) is 3.99. The standard InChI is InChI=1S/C17H19ClN2O5S2/c1-12-4-7-16(25-2)17(10-12)27(23,24)19-15-6-5-13(11-14(15)18)20-8-3-9-26(20,21)22/h4-7,10-11,19H,3,8-9H2,1-2H3. The lowest BCUT2D eigenvalue weighted by Gasteiger charge is -2.18. The lowest BCUT2D eigenvalue weighted by molar-refractivity contribution is 0.402. The molecule has 0 radical (unpaired) electrons. The van der Waals surface area contributed by atoms with E-state index in [1.165, 1.54) is 35.7 Å². The summed E-state index contributed by atoms with van der Waals surface area (Å²) in [6, 6.07) is 9.24. The maximum Gasteiger partial charge on any atom is 0.265 e. The summed E-state index contributed by atoms with van der Waals surface area (Å²) in [5, 5.41) is 0.102. The van der Waals surface area contributed by atoms with Gasteiger partial charge in [0, 0.05) is 6.54 Å². The van der Waals surface area contributed by atoms with Crippen molar-refractivity contribution in [1.82, 2.24) is 0 Å². The molecule has 0 amide bonds. The summed E-state index contributed by atoms with van der Waals surface area (Å²) in [4.78, 5) is -0.00716. The number of nitrogens with zero attached hydrogens (tertiary/aromatic N) is 1. The van der Waals surface area contributed by atoms with Gasteiger partial charge in [0.05, 0.1) is 29.3 Å². The molecule has 0 aromatic heterocycles. The van der Waals surface area contributed by atoms with E-state index in [2.05, 4.69) is 4.72 Å². The second kappa shape index (κ2) is 7.21. The van der Waals surface area contributed by atoms with Crippen molar-refractivity contribution in [3.05, 3.63) is 47.0 Å². The average molecular weight is 431 g/mol. The molecule has 0 unspecified atom stereocenters. The van der Waals surface area contributed by atoms with Gasteiger partial charge in [0.1, 0.15) is 10.6 Å². The Morgan fingerprint density at radius 3 is 2.52 bits per heavy atom. The summed E-state index contributed by atoms with van der Waals surface area (Å²) in [6.45, 7) is 2.15. The number of ether oxygens (including phenoxy) is 1. The highest BCUT2D eigenvalue weighted by Gasteiger charge is 2.29. The monoisotopic (exact) mass is 430 g/mol. The van der Waals surface area contributed by atoms with Crippen LogP contribution in [0.25, 0.3) is 0 Å². The van der Waals surface area contributed by atoms with E-state index in [1.54, 1.807) is 19.1 Å². The quantitative estimate of drug-likeness (QED) is 0.787. The van der Waals surface area contributed by atoms with Crippen LogP contribution in [0.4, 0.5) is 11.4 Å². The Kier molecular flexibility index (Phi) is 5.29. The van der Waals surface area contributed by atoms with Gasteiger partial charge < -0.3 is 4.74 Å². The van der Waals surface area contributed by atoms with Gasteiger partial charge >= 0.3 is 0 Å². The van der Waals surface area contributed by atoms with Crippen molar-refractivity contribution in [2.75, 3.05) is 28.4 Å². The van der Waals surface area contributed by atoms with Crippen LogP contribution in [0.1, 0.15) is 12.0 Å². The summed E-state index contributed by atoms with van der Waals surface area (Å²) >= 11 is 6.22. The van der Waals surface area contributed by atoms with Gasteiger partial charge in [-0.15, -0.1) is 0 Å². The minimum atomic E-state index is -3.95. The molecule has 0 spiro atoms. The zero-order chi connectivity index (χ0) is 19.8. The fraction of sp³-hybridized carbons (Fsp3) is 0.294. The van der Waals surface area contributed by atoms with Crippen molar-refractivity contribution < 1.29 is 21.6 Å². The van der Waals surface area contributed by atoms with Gasteiger partial charge in [0.15, 0.2) is 0 Å². The molecule has 1 aliphatic heterocycles. The number of halogens is 1. The second-order valence-electron chi connectivity index (χ2n) is 6.17. The molecule has 0 saturated carbocycles. The Bertz CT molecular complexity index is 1080. The lowest BCUT2D eigenvalue weighted by atomic mass is 10.2. The predicted octanol–water partition coefficient (Wildman–Crippen LogP) is 3.00. The molecule has 10 heteroatoms. The maximum absolute atomic E-state index is 12.8. The third-order valence-electron chi connectivity index (χ3n) is 4.19. The molecule has 1 fully saturated rings. The van der Waals surface area contributed by atoms with E-state index < -0.39 is 20.0 Å². The fourth-order valence-corrected chi connectivity index (χ4v) is 6.03. The molecule has 1 N–H and O–H groups in total. The molecule has 3 rings (SSSR count). The Morgan fingerprint density at radius 2 is 1.93 bits per heavy atom.